The van der Waals surface area contributed by atoms with Crippen molar-refractivity contribution in [1.82, 2.24) is 0 Å². The summed E-state index contributed by atoms with van der Waals surface area (Å²) in [5.41, 5.74) is 4.90. The number of carbonyl (C=O) groups excluding carboxylic acids is 1. The third-order valence-corrected chi connectivity index (χ3v) is 6.47. The smallest absolute Gasteiger partial charge is 0.258 e. The second kappa shape index (κ2) is 8.03. The summed E-state index contributed by atoms with van der Waals surface area (Å²) in [5.74, 6) is 0.379. The number of nitrogens with zero attached hydrogens (tertiary/aromatic N) is 1. The van der Waals surface area contributed by atoms with E-state index in [4.69, 9.17) is 0 Å². The molecule has 31 heavy (non-hydrogen) atoms. The summed E-state index contributed by atoms with van der Waals surface area (Å²) in [6, 6.07) is 22.6. The van der Waals surface area contributed by atoms with Crippen LogP contribution in [0.1, 0.15) is 46.8 Å². The number of carbonyl (C=O) groups is 1. The molecule has 1 aliphatic carbocycles. The fourth-order valence-electron chi connectivity index (χ4n) is 4.93. The number of hydrogen-bond donors (Lipinski definition) is 1. The Kier molecular flexibility index (Phi) is 5.06. The van der Waals surface area contributed by atoms with Gasteiger partial charge in [-0.1, -0.05) is 42.5 Å². The highest BCUT2D eigenvalue weighted by Crippen LogP contribution is 2.50. The Morgan fingerprint density at radius 3 is 2.58 bits per heavy atom. The van der Waals surface area contributed by atoms with Crippen molar-refractivity contribution in [2.75, 3.05) is 16.8 Å². The molecule has 3 unspecified atom stereocenters. The predicted molar refractivity (Wildman–Crippen MR) is 123 cm³/mol. The third-order valence-electron chi connectivity index (χ3n) is 6.47. The van der Waals surface area contributed by atoms with E-state index < -0.39 is 0 Å². The van der Waals surface area contributed by atoms with E-state index in [1.54, 1.807) is 4.90 Å². The Balaban J connectivity index is 1.48. The summed E-state index contributed by atoms with van der Waals surface area (Å²) in [7, 11) is 0. The largest absolute Gasteiger partial charge is 0.378 e. The van der Waals surface area contributed by atoms with Gasteiger partial charge in [-0.05, 0) is 72.9 Å². The predicted octanol–water partition coefficient (Wildman–Crippen LogP) is 6.32. The molecule has 0 bridgehead atoms. The van der Waals surface area contributed by atoms with Crippen molar-refractivity contribution in [2.45, 2.75) is 25.3 Å². The van der Waals surface area contributed by atoms with Crippen LogP contribution in [0.5, 0.6) is 0 Å². The Morgan fingerprint density at radius 2 is 1.84 bits per heavy atom. The van der Waals surface area contributed by atoms with Crippen molar-refractivity contribution < 1.29 is 9.18 Å². The highest BCUT2D eigenvalue weighted by Gasteiger charge is 2.38. The number of halogens is 1. The van der Waals surface area contributed by atoms with Gasteiger partial charge in [0.1, 0.15) is 5.82 Å². The first kappa shape index (κ1) is 19.6. The van der Waals surface area contributed by atoms with E-state index in [1.165, 1.54) is 12.1 Å². The molecule has 5 rings (SSSR count). The number of fused-ring (bicyclic) bond motifs is 3. The van der Waals surface area contributed by atoms with Crippen LogP contribution in [0.4, 0.5) is 15.8 Å². The molecule has 2 aliphatic rings. The number of anilines is 2. The van der Waals surface area contributed by atoms with Crippen molar-refractivity contribution in [3.63, 3.8) is 0 Å². The van der Waals surface area contributed by atoms with Crippen molar-refractivity contribution in [1.29, 1.82) is 0 Å². The molecule has 3 nitrogen and oxygen atoms in total. The van der Waals surface area contributed by atoms with E-state index in [9.17, 15) is 9.18 Å². The fourth-order valence-corrected chi connectivity index (χ4v) is 4.93. The average molecular weight is 413 g/mol. The summed E-state index contributed by atoms with van der Waals surface area (Å²) in [4.78, 5) is 15.1. The fraction of sp³-hybridized carbons (Fsp3) is 0.222. The van der Waals surface area contributed by atoms with E-state index in [-0.39, 0.29) is 23.7 Å². The van der Waals surface area contributed by atoms with Crippen molar-refractivity contribution >= 4 is 17.3 Å². The van der Waals surface area contributed by atoms with Crippen LogP contribution in [-0.4, -0.2) is 12.5 Å². The van der Waals surface area contributed by atoms with Gasteiger partial charge < -0.3 is 10.2 Å². The van der Waals surface area contributed by atoms with E-state index >= 15 is 0 Å². The molecule has 3 aromatic rings. The summed E-state index contributed by atoms with van der Waals surface area (Å²) >= 11 is 0. The van der Waals surface area contributed by atoms with E-state index in [1.807, 2.05) is 67.6 Å². The van der Waals surface area contributed by atoms with E-state index in [0.29, 0.717) is 18.0 Å². The topological polar surface area (TPSA) is 32.3 Å². The normalized spacial score (nSPS) is 21.2. The van der Waals surface area contributed by atoms with Crippen molar-refractivity contribution in [3.8, 4) is 0 Å². The summed E-state index contributed by atoms with van der Waals surface area (Å²) in [5, 5.41) is 3.66. The van der Waals surface area contributed by atoms with Crippen LogP contribution >= 0.6 is 0 Å². The van der Waals surface area contributed by atoms with Gasteiger partial charge in [-0.15, -0.1) is 0 Å². The standard InChI is InChI=1S/C27H25FN2O/c1-2-30(21-7-4-3-5-8-21)27(31)19-13-16-25-24(17-19)22-9-6-10-23(22)26(29-25)18-11-14-20(28)15-12-18/h3-9,11-17,22-23,26,29H,2,10H2,1H3. The van der Waals surface area contributed by atoms with Crippen LogP contribution in [0, 0.1) is 11.7 Å². The first-order valence-electron chi connectivity index (χ1n) is 10.8. The number of rotatable bonds is 4. The highest BCUT2D eigenvalue weighted by atomic mass is 19.1. The van der Waals surface area contributed by atoms with Crippen LogP contribution in [0.3, 0.4) is 0 Å². The molecule has 0 saturated carbocycles. The highest BCUT2D eigenvalue weighted by molar-refractivity contribution is 6.06. The minimum absolute atomic E-state index is 0.00989. The number of para-hydroxylation sites is 1. The van der Waals surface area contributed by atoms with Gasteiger partial charge in [0.25, 0.3) is 5.91 Å². The summed E-state index contributed by atoms with van der Waals surface area (Å²) < 4.78 is 13.4. The van der Waals surface area contributed by atoms with Gasteiger partial charge in [0, 0.05) is 29.4 Å². The minimum Gasteiger partial charge on any atom is -0.378 e. The quantitative estimate of drug-likeness (QED) is 0.509. The van der Waals surface area contributed by atoms with Gasteiger partial charge in [-0.2, -0.15) is 0 Å². The van der Waals surface area contributed by atoms with Crippen LogP contribution in [-0.2, 0) is 0 Å². The molecular weight excluding hydrogens is 387 g/mol. The van der Waals surface area contributed by atoms with Crippen LogP contribution in [0.2, 0.25) is 0 Å². The molecule has 3 atom stereocenters. The second-order valence-corrected chi connectivity index (χ2v) is 8.21. The average Bonchev–Trinajstić information content (AvgIpc) is 3.30. The zero-order valence-electron chi connectivity index (χ0n) is 17.5. The number of amides is 1. The molecule has 4 heteroatoms. The summed E-state index contributed by atoms with van der Waals surface area (Å²) in [6.07, 6.45) is 5.44. The molecular formula is C27H25FN2O. The maximum atomic E-state index is 13.4. The molecule has 0 radical (unpaired) electrons. The van der Waals surface area contributed by atoms with Gasteiger partial charge in [-0.3, -0.25) is 4.79 Å². The van der Waals surface area contributed by atoms with Crippen LogP contribution in [0.25, 0.3) is 0 Å². The number of nitrogens with one attached hydrogen (secondary N) is 1. The maximum absolute atomic E-state index is 13.4. The molecule has 1 N–H and O–H groups in total. The monoisotopic (exact) mass is 412 g/mol. The first-order chi connectivity index (χ1) is 15.2. The number of allylic oxidation sites excluding steroid dienone is 2. The first-order valence-corrected chi connectivity index (χ1v) is 10.8. The molecule has 0 saturated heterocycles. The molecule has 0 fully saturated rings. The molecule has 0 spiro atoms. The van der Waals surface area contributed by atoms with Gasteiger partial charge in [0.15, 0.2) is 0 Å². The van der Waals surface area contributed by atoms with Gasteiger partial charge in [0.05, 0.1) is 6.04 Å². The van der Waals surface area contributed by atoms with Crippen molar-refractivity contribution in [2.24, 2.45) is 5.92 Å². The molecule has 0 aromatic heterocycles. The lowest BCUT2D eigenvalue weighted by Gasteiger charge is -2.38. The lowest BCUT2D eigenvalue weighted by Crippen LogP contribution is -2.32. The van der Waals surface area contributed by atoms with Crippen molar-refractivity contribution in [3.05, 3.63) is 107 Å². The molecule has 1 aliphatic heterocycles. The Bertz CT molecular complexity index is 1120. The van der Waals surface area contributed by atoms with Gasteiger partial charge >= 0.3 is 0 Å². The Labute approximate surface area is 182 Å². The van der Waals surface area contributed by atoms with E-state index in [2.05, 4.69) is 17.5 Å². The number of benzene rings is 3. The molecule has 3 aromatic carbocycles. The lowest BCUT2D eigenvalue weighted by molar-refractivity contribution is 0.0988. The third kappa shape index (κ3) is 3.52. The van der Waals surface area contributed by atoms with Crippen LogP contribution < -0.4 is 10.2 Å². The maximum Gasteiger partial charge on any atom is 0.258 e. The SMILES string of the molecule is CCN(C(=O)c1ccc2c(c1)C1C=CCC1C(c1ccc(F)cc1)N2)c1ccccc1. The van der Waals surface area contributed by atoms with Gasteiger partial charge in [-0.25, -0.2) is 4.39 Å². The summed E-state index contributed by atoms with van der Waals surface area (Å²) in [6.45, 7) is 2.60. The van der Waals surface area contributed by atoms with Crippen LogP contribution in [0.15, 0.2) is 84.9 Å². The molecule has 1 heterocycles. The molecule has 1 amide bonds. The zero-order valence-corrected chi connectivity index (χ0v) is 17.5. The number of hydrogen-bond acceptors (Lipinski definition) is 2. The zero-order chi connectivity index (χ0) is 21.4. The Hall–Kier alpha value is -3.40. The van der Waals surface area contributed by atoms with Gasteiger partial charge in [0.2, 0.25) is 0 Å². The molecule has 156 valence electrons. The lowest BCUT2D eigenvalue weighted by atomic mass is 9.76. The second-order valence-electron chi connectivity index (χ2n) is 8.21. The minimum atomic E-state index is -0.219. The van der Waals surface area contributed by atoms with E-state index in [0.717, 1.165) is 28.9 Å². The Morgan fingerprint density at radius 1 is 1.06 bits per heavy atom.